The van der Waals surface area contributed by atoms with Crippen LogP contribution in [0.2, 0.25) is 0 Å². The number of rotatable bonds is 4. The van der Waals surface area contributed by atoms with Crippen molar-refractivity contribution in [3.63, 3.8) is 0 Å². The van der Waals surface area contributed by atoms with Gasteiger partial charge < -0.3 is 10.8 Å². The molecule has 0 aromatic rings. The molecule has 0 spiro atoms. The van der Waals surface area contributed by atoms with E-state index in [1.54, 1.807) is 6.92 Å². The van der Waals surface area contributed by atoms with Gasteiger partial charge in [-0.05, 0) is 12.3 Å². The number of hydrogen-bond donors (Lipinski definition) is 2. The van der Waals surface area contributed by atoms with E-state index in [0.29, 0.717) is 12.3 Å². The summed E-state index contributed by atoms with van der Waals surface area (Å²) in [5.74, 6) is -0.546. The van der Waals surface area contributed by atoms with Crippen molar-refractivity contribution in [3.8, 4) is 0 Å². The standard InChI is InChI=1S/C6H12ClNO2/c1-4(2-3-7)5(8)6(9)10/h4-5H,2-3,8H2,1H3,(H,9,10). The van der Waals surface area contributed by atoms with Gasteiger partial charge >= 0.3 is 5.97 Å². The van der Waals surface area contributed by atoms with Crippen LogP contribution in [0.3, 0.4) is 0 Å². The molecular weight excluding hydrogens is 154 g/mol. The second kappa shape index (κ2) is 4.52. The number of carboxylic acids is 1. The molecule has 60 valence electrons. The van der Waals surface area contributed by atoms with Crippen molar-refractivity contribution in [1.29, 1.82) is 0 Å². The van der Waals surface area contributed by atoms with Crippen LogP contribution in [0.4, 0.5) is 0 Å². The number of hydrogen-bond acceptors (Lipinski definition) is 2. The molecule has 0 saturated carbocycles. The van der Waals surface area contributed by atoms with E-state index in [2.05, 4.69) is 0 Å². The van der Waals surface area contributed by atoms with Crippen LogP contribution in [0.5, 0.6) is 0 Å². The molecule has 0 aromatic heterocycles. The molecule has 0 bridgehead atoms. The highest BCUT2D eigenvalue weighted by Crippen LogP contribution is 2.06. The van der Waals surface area contributed by atoms with Crippen molar-refractivity contribution in [2.24, 2.45) is 11.7 Å². The van der Waals surface area contributed by atoms with Crippen molar-refractivity contribution in [3.05, 3.63) is 0 Å². The summed E-state index contributed by atoms with van der Waals surface area (Å²) in [6.45, 7) is 1.78. The molecule has 0 saturated heterocycles. The summed E-state index contributed by atoms with van der Waals surface area (Å²) in [5, 5.41) is 8.41. The van der Waals surface area contributed by atoms with Gasteiger partial charge in [0, 0.05) is 5.88 Å². The minimum atomic E-state index is -0.961. The van der Waals surface area contributed by atoms with Crippen LogP contribution >= 0.6 is 11.6 Å². The maximum Gasteiger partial charge on any atom is 0.320 e. The average Bonchev–Trinajstić information content (AvgIpc) is 1.87. The van der Waals surface area contributed by atoms with Crippen molar-refractivity contribution in [2.45, 2.75) is 19.4 Å². The lowest BCUT2D eigenvalue weighted by molar-refractivity contribution is -0.139. The Bertz CT molecular complexity index is 118. The number of carbonyl (C=O) groups is 1. The molecule has 0 aliphatic heterocycles. The molecule has 0 aromatic carbocycles. The Morgan fingerprint density at radius 3 is 2.60 bits per heavy atom. The largest absolute Gasteiger partial charge is 0.480 e. The molecule has 0 amide bonds. The van der Waals surface area contributed by atoms with Crippen molar-refractivity contribution >= 4 is 17.6 Å². The lowest BCUT2D eigenvalue weighted by atomic mass is 10.0. The summed E-state index contributed by atoms with van der Waals surface area (Å²) in [4.78, 5) is 10.2. The molecule has 0 rings (SSSR count). The van der Waals surface area contributed by atoms with E-state index in [9.17, 15) is 4.79 Å². The maximum atomic E-state index is 10.2. The normalized spacial score (nSPS) is 16.3. The van der Waals surface area contributed by atoms with Gasteiger partial charge in [-0.3, -0.25) is 4.79 Å². The fraction of sp³-hybridized carbons (Fsp3) is 0.833. The first-order valence-electron chi connectivity index (χ1n) is 3.14. The topological polar surface area (TPSA) is 63.3 Å². The van der Waals surface area contributed by atoms with Crippen LogP contribution in [0.1, 0.15) is 13.3 Å². The Labute approximate surface area is 65.2 Å². The number of halogens is 1. The van der Waals surface area contributed by atoms with Crippen LogP contribution in [0.15, 0.2) is 0 Å². The number of nitrogens with two attached hydrogens (primary N) is 1. The van der Waals surface area contributed by atoms with Crippen LogP contribution in [0.25, 0.3) is 0 Å². The van der Waals surface area contributed by atoms with Gasteiger partial charge in [-0.15, -0.1) is 11.6 Å². The zero-order valence-electron chi connectivity index (χ0n) is 5.88. The molecule has 10 heavy (non-hydrogen) atoms. The third kappa shape index (κ3) is 3.03. The maximum absolute atomic E-state index is 10.2. The fourth-order valence-electron chi connectivity index (χ4n) is 0.595. The molecule has 3 nitrogen and oxygen atoms in total. The highest BCUT2D eigenvalue weighted by molar-refractivity contribution is 6.17. The summed E-state index contributed by atoms with van der Waals surface area (Å²) >= 11 is 5.40. The number of carboxylic acid groups (broad SMARTS) is 1. The van der Waals surface area contributed by atoms with E-state index < -0.39 is 12.0 Å². The predicted octanol–water partition coefficient (Wildman–Crippen LogP) is 0.663. The molecule has 0 aliphatic rings. The number of aliphatic carboxylic acids is 1. The van der Waals surface area contributed by atoms with Gasteiger partial charge in [-0.25, -0.2) is 0 Å². The van der Waals surface area contributed by atoms with Crippen LogP contribution < -0.4 is 5.73 Å². The van der Waals surface area contributed by atoms with Gasteiger partial charge in [0.15, 0.2) is 0 Å². The van der Waals surface area contributed by atoms with E-state index in [1.807, 2.05) is 0 Å². The van der Waals surface area contributed by atoms with Gasteiger partial charge in [0.05, 0.1) is 0 Å². The zero-order chi connectivity index (χ0) is 8.15. The Morgan fingerprint density at radius 1 is 1.80 bits per heavy atom. The Kier molecular flexibility index (Phi) is 4.40. The van der Waals surface area contributed by atoms with Crippen LogP contribution in [-0.2, 0) is 4.79 Å². The Hall–Kier alpha value is -0.280. The second-order valence-electron chi connectivity index (χ2n) is 2.32. The first-order valence-corrected chi connectivity index (χ1v) is 3.67. The molecule has 0 fully saturated rings. The quantitative estimate of drug-likeness (QED) is 0.602. The van der Waals surface area contributed by atoms with E-state index in [-0.39, 0.29) is 5.92 Å². The summed E-state index contributed by atoms with van der Waals surface area (Å²) < 4.78 is 0. The van der Waals surface area contributed by atoms with Crippen molar-refractivity contribution in [2.75, 3.05) is 5.88 Å². The molecule has 4 heteroatoms. The molecular formula is C6H12ClNO2. The third-order valence-electron chi connectivity index (χ3n) is 1.46. The third-order valence-corrected chi connectivity index (χ3v) is 1.68. The highest BCUT2D eigenvalue weighted by Gasteiger charge is 2.18. The second-order valence-corrected chi connectivity index (χ2v) is 2.70. The van der Waals surface area contributed by atoms with Gasteiger partial charge in [0.25, 0.3) is 0 Å². The van der Waals surface area contributed by atoms with Crippen LogP contribution in [-0.4, -0.2) is 23.0 Å². The highest BCUT2D eigenvalue weighted by atomic mass is 35.5. The van der Waals surface area contributed by atoms with Crippen LogP contribution in [0, 0.1) is 5.92 Å². The fourth-order valence-corrected chi connectivity index (χ4v) is 0.939. The monoisotopic (exact) mass is 165 g/mol. The Morgan fingerprint density at radius 2 is 2.30 bits per heavy atom. The first kappa shape index (κ1) is 9.72. The molecule has 2 unspecified atom stereocenters. The number of alkyl halides is 1. The first-order chi connectivity index (χ1) is 4.59. The average molecular weight is 166 g/mol. The van der Waals surface area contributed by atoms with Gasteiger partial charge in [-0.1, -0.05) is 6.92 Å². The molecule has 0 aliphatic carbocycles. The van der Waals surface area contributed by atoms with E-state index in [4.69, 9.17) is 22.4 Å². The molecule has 0 heterocycles. The van der Waals surface area contributed by atoms with Gasteiger partial charge in [0.1, 0.15) is 6.04 Å². The predicted molar refractivity (Wildman–Crippen MR) is 40.1 cm³/mol. The molecule has 2 atom stereocenters. The van der Waals surface area contributed by atoms with E-state index in [1.165, 1.54) is 0 Å². The van der Waals surface area contributed by atoms with Gasteiger partial charge in [-0.2, -0.15) is 0 Å². The molecule has 0 radical (unpaired) electrons. The van der Waals surface area contributed by atoms with Crippen molar-refractivity contribution < 1.29 is 9.90 Å². The minimum Gasteiger partial charge on any atom is -0.480 e. The van der Waals surface area contributed by atoms with E-state index >= 15 is 0 Å². The Balaban J connectivity index is 3.69. The summed E-state index contributed by atoms with van der Waals surface area (Å²) in [5.41, 5.74) is 5.29. The lowest BCUT2D eigenvalue weighted by Gasteiger charge is -2.13. The smallest absolute Gasteiger partial charge is 0.320 e. The van der Waals surface area contributed by atoms with E-state index in [0.717, 1.165) is 0 Å². The van der Waals surface area contributed by atoms with Gasteiger partial charge in [0.2, 0.25) is 0 Å². The molecule has 3 N–H and O–H groups in total. The summed E-state index contributed by atoms with van der Waals surface area (Å²) in [6.07, 6.45) is 0.648. The summed E-state index contributed by atoms with van der Waals surface area (Å²) in [7, 11) is 0. The lowest BCUT2D eigenvalue weighted by Crippen LogP contribution is -2.36. The SMILES string of the molecule is CC(CCCl)C(N)C(=O)O. The van der Waals surface area contributed by atoms with Crippen molar-refractivity contribution in [1.82, 2.24) is 0 Å². The minimum absolute atomic E-state index is 0.0463. The summed E-state index contributed by atoms with van der Waals surface area (Å²) in [6, 6.07) is -0.779. The zero-order valence-corrected chi connectivity index (χ0v) is 6.64.